The maximum absolute atomic E-state index is 12.9. The minimum atomic E-state index is -0.773. The fourth-order valence-corrected chi connectivity index (χ4v) is 9.71. The van der Waals surface area contributed by atoms with Gasteiger partial charge in [0.1, 0.15) is 13.2 Å². The van der Waals surface area contributed by atoms with E-state index in [9.17, 15) is 14.4 Å². The van der Waals surface area contributed by atoms with E-state index in [-0.39, 0.29) is 31.1 Å². The highest BCUT2D eigenvalue weighted by Crippen LogP contribution is 2.17. The number of hydrogen-bond donors (Lipinski definition) is 0. The van der Waals surface area contributed by atoms with Gasteiger partial charge in [-0.25, -0.2) is 0 Å². The van der Waals surface area contributed by atoms with Crippen LogP contribution >= 0.6 is 0 Å². The van der Waals surface area contributed by atoms with Gasteiger partial charge in [0.05, 0.1) is 0 Å². The first kappa shape index (κ1) is 70.6. The second-order valence-corrected chi connectivity index (χ2v) is 22.0. The van der Waals surface area contributed by atoms with Crippen molar-refractivity contribution in [3.63, 3.8) is 0 Å². The lowest BCUT2D eigenvalue weighted by molar-refractivity contribution is -0.167. The highest BCUT2D eigenvalue weighted by molar-refractivity contribution is 5.71. The van der Waals surface area contributed by atoms with Gasteiger partial charge in [-0.05, 0) is 77.0 Å². The van der Waals surface area contributed by atoms with Crippen molar-refractivity contribution in [1.29, 1.82) is 0 Å². The summed E-state index contributed by atoms with van der Waals surface area (Å²) in [6, 6.07) is 0. The van der Waals surface area contributed by atoms with Crippen LogP contribution in [0.25, 0.3) is 0 Å². The van der Waals surface area contributed by atoms with Crippen molar-refractivity contribution >= 4 is 17.9 Å². The predicted molar refractivity (Wildman–Crippen MR) is 316 cm³/mol. The van der Waals surface area contributed by atoms with Crippen LogP contribution in [0.5, 0.6) is 0 Å². The summed E-state index contributed by atoms with van der Waals surface area (Å²) in [7, 11) is 0. The molecule has 0 radical (unpaired) electrons. The molecule has 6 nitrogen and oxygen atoms in total. The minimum Gasteiger partial charge on any atom is -0.462 e. The molecule has 0 aromatic rings. The highest BCUT2D eigenvalue weighted by Gasteiger charge is 2.19. The first-order chi connectivity index (χ1) is 36.0. The Morgan fingerprint density at radius 1 is 0.274 bits per heavy atom. The Kier molecular flexibility index (Phi) is 60.2. The Morgan fingerprint density at radius 2 is 0.493 bits per heavy atom. The molecule has 0 aliphatic rings. The lowest BCUT2D eigenvalue weighted by Crippen LogP contribution is -2.30. The molecule has 0 saturated heterocycles. The molecule has 428 valence electrons. The standard InChI is InChI=1S/C67H124O6/c1-4-7-10-13-16-19-22-25-28-30-31-32-33-34-35-36-37-38-40-42-45-48-51-54-57-60-66(69)72-63-64(62-71-65(68)59-56-53-50-47-44-41-27-24-21-18-15-12-9-6-3)73-67(70)61-58-55-52-49-46-43-39-29-26-23-20-17-14-11-8-5-2/h22,24-25,27,30-31,64H,4-21,23,26,28-29,32-63H2,1-3H3/b25-22-,27-24-,31-30-. The van der Waals surface area contributed by atoms with E-state index in [0.29, 0.717) is 19.3 Å². The van der Waals surface area contributed by atoms with E-state index < -0.39 is 6.10 Å². The molecule has 0 aromatic heterocycles. The Balaban J connectivity index is 4.25. The summed E-state index contributed by atoms with van der Waals surface area (Å²) in [6.07, 6.45) is 75.8. The second-order valence-electron chi connectivity index (χ2n) is 22.0. The van der Waals surface area contributed by atoms with E-state index in [1.54, 1.807) is 0 Å². The zero-order valence-corrected chi connectivity index (χ0v) is 49.2. The van der Waals surface area contributed by atoms with Crippen LogP contribution in [-0.2, 0) is 28.6 Å². The van der Waals surface area contributed by atoms with Gasteiger partial charge in [0.2, 0.25) is 0 Å². The first-order valence-corrected chi connectivity index (χ1v) is 32.5. The van der Waals surface area contributed by atoms with Crippen molar-refractivity contribution < 1.29 is 28.6 Å². The quantitative estimate of drug-likeness (QED) is 0.0261. The summed E-state index contributed by atoms with van der Waals surface area (Å²) in [6.45, 7) is 6.67. The normalized spacial score (nSPS) is 12.2. The fourth-order valence-electron chi connectivity index (χ4n) is 9.71. The molecule has 0 saturated carbocycles. The third kappa shape index (κ3) is 60.4. The molecular weight excluding hydrogens is 901 g/mol. The largest absolute Gasteiger partial charge is 0.462 e. The van der Waals surface area contributed by atoms with Crippen LogP contribution in [0, 0.1) is 0 Å². The van der Waals surface area contributed by atoms with Crippen molar-refractivity contribution in [2.24, 2.45) is 0 Å². The summed E-state index contributed by atoms with van der Waals surface area (Å²) in [5, 5.41) is 0. The summed E-state index contributed by atoms with van der Waals surface area (Å²) in [5.41, 5.74) is 0. The van der Waals surface area contributed by atoms with E-state index in [4.69, 9.17) is 14.2 Å². The van der Waals surface area contributed by atoms with Crippen LogP contribution in [-0.4, -0.2) is 37.2 Å². The summed E-state index contributed by atoms with van der Waals surface area (Å²) >= 11 is 0. The van der Waals surface area contributed by atoms with Crippen molar-refractivity contribution in [2.75, 3.05) is 13.2 Å². The molecule has 0 N–H and O–H groups in total. The predicted octanol–water partition coefficient (Wildman–Crippen LogP) is 22.0. The third-order valence-corrected chi connectivity index (χ3v) is 14.6. The molecule has 0 bridgehead atoms. The van der Waals surface area contributed by atoms with E-state index >= 15 is 0 Å². The van der Waals surface area contributed by atoms with Gasteiger partial charge in [-0.1, -0.05) is 295 Å². The molecule has 0 aliphatic heterocycles. The number of unbranched alkanes of at least 4 members (excludes halogenated alkanes) is 43. The molecule has 0 rings (SSSR count). The molecule has 0 heterocycles. The molecule has 1 atom stereocenters. The molecule has 0 aromatic carbocycles. The van der Waals surface area contributed by atoms with Gasteiger partial charge in [-0.3, -0.25) is 14.4 Å². The molecule has 0 spiro atoms. The zero-order chi connectivity index (χ0) is 52.9. The Bertz CT molecular complexity index is 1220. The van der Waals surface area contributed by atoms with Gasteiger partial charge in [0.25, 0.3) is 0 Å². The maximum Gasteiger partial charge on any atom is 0.306 e. The number of carbonyl (C=O) groups excluding carboxylic acids is 3. The monoisotopic (exact) mass is 1020 g/mol. The van der Waals surface area contributed by atoms with Crippen LogP contribution in [0.3, 0.4) is 0 Å². The first-order valence-electron chi connectivity index (χ1n) is 32.5. The van der Waals surface area contributed by atoms with Crippen LogP contribution in [0.2, 0.25) is 0 Å². The average Bonchev–Trinajstić information content (AvgIpc) is 3.39. The van der Waals surface area contributed by atoms with Gasteiger partial charge in [0, 0.05) is 19.3 Å². The Morgan fingerprint density at radius 3 is 0.767 bits per heavy atom. The number of ether oxygens (including phenoxy) is 3. The second kappa shape index (κ2) is 62.2. The number of allylic oxidation sites excluding steroid dienone is 6. The molecular formula is C67H124O6. The molecule has 1 unspecified atom stereocenters. The van der Waals surface area contributed by atoms with E-state index in [0.717, 1.165) is 70.6 Å². The number of hydrogen-bond acceptors (Lipinski definition) is 6. The molecule has 73 heavy (non-hydrogen) atoms. The average molecular weight is 1030 g/mol. The van der Waals surface area contributed by atoms with Crippen LogP contribution in [0.1, 0.15) is 355 Å². The van der Waals surface area contributed by atoms with Gasteiger partial charge < -0.3 is 14.2 Å². The summed E-state index contributed by atoms with van der Waals surface area (Å²) < 4.78 is 16.9. The van der Waals surface area contributed by atoms with Gasteiger partial charge in [-0.15, -0.1) is 0 Å². The molecule has 0 fully saturated rings. The van der Waals surface area contributed by atoms with Crippen molar-refractivity contribution in [2.45, 2.75) is 361 Å². The summed E-state index contributed by atoms with van der Waals surface area (Å²) in [4.78, 5) is 38.3. The van der Waals surface area contributed by atoms with Crippen LogP contribution < -0.4 is 0 Å². The lowest BCUT2D eigenvalue weighted by Gasteiger charge is -2.18. The van der Waals surface area contributed by atoms with E-state index in [1.165, 1.54) is 244 Å². The Labute approximate surface area is 455 Å². The highest BCUT2D eigenvalue weighted by atomic mass is 16.6. The van der Waals surface area contributed by atoms with Crippen LogP contribution in [0.4, 0.5) is 0 Å². The summed E-state index contributed by atoms with van der Waals surface area (Å²) in [5.74, 6) is -0.856. The van der Waals surface area contributed by atoms with E-state index in [2.05, 4.69) is 57.2 Å². The minimum absolute atomic E-state index is 0.0705. The van der Waals surface area contributed by atoms with E-state index in [1.807, 2.05) is 0 Å². The number of rotatable bonds is 60. The van der Waals surface area contributed by atoms with Crippen molar-refractivity contribution in [1.82, 2.24) is 0 Å². The maximum atomic E-state index is 12.9. The van der Waals surface area contributed by atoms with Crippen molar-refractivity contribution in [3.8, 4) is 0 Å². The van der Waals surface area contributed by atoms with Crippen molar-refractivity contribution in [3.05, 3.63) is 36.5 Å². The zero-order valence-electron chi connectivity index (χ0n) is 49.2. The van der Waals surface area contributed by atoms with Gasteiger partial charge >= 0.3 is 17.9 Å². The van der Waals surface area contributed by atoms with Gasteiger partial charge in [0.15, 0.2) is 6.10 Å². The smallest absolute Gasteiger partial charge is 0.306 e. The molecule has 0 amide bonds. The lowest BCUT2D eigenvalue weighted by atomic mass is 10.0. The third-order valence-electron chi connectivity index (χ3n) is 14.6. The fraction of sp³-hybridized carbons (Fsp3) is 0.866. The molecule has 6 heteroatoms. The number of esters is 3. The molecule has 0 aliphatic carbocycles. The van der Waals surface area contributed by atoms with Gasteiger partial charge in [-0.2, -0.15) is 0 Å². The SMILES string of the molecule is CCCCCCC/C=C\C/C=C\CCCCCCCCCCCCCCCC(=O)OCC(COC(=O)CCCCCCC/C=C\CCCCCCC)OC(=O)CCCCCCCCCCCCCCCCCC. The topological polar surface area (TPSA) is 78.9 Å². The Hall–Kier alpha value is -2.37. The number of carbonyl (C=O) groups is 3. The van der Waals surface area contributed by atoms with Crippen LogP contribution in [0.15, 0.2) is 36.5 Å².